The van der Waals surface area contributed by atoms with Crippen molar-refractivity contribution in [2.75, 3.05) is 13.1 Å². The van der Waals surface area contributed by atoms with Gasteiger partial charge in [0, 0.05) is 29.1 Å². The SMILES string of the molecule is Cc1c(C(=O)N2CC[C@@H](C(=O)O)C2)oc2ccc(Cl)cc12. The van der Waals surface area contributed by atoms with E-state index in [1.54, 1.807) is 25.1 Å². The standard InChI is InChI=1S/C15H14ClNO4/c1-8-11-6-10(16)2-3-12(11)21-13(8)14(18)17-5-4-9(7-17)15(19)20/h2-3,6,9H,4-5,7H2,1H3,(H,19,20)/t9-/m1/s1. The van der Waals surface area contributed by atoms with Crippen LogP contribution in [-0.4, -0.2) is 35.0 Å². The Bertz CT molecular complexity index is 737. The van der Waals surface area contributed by atoms with E-state index in [4.69, 9.17) is 21.1 Å². The van der Waals surface area contributed by atoms with Crippen LogP contribution in [0.3, 0.4) is 0 Å². The summed E-state index contributed by atoms with van der Waals surface area (Å²) in [7, 11) is 0. The number of amides is 1. The molecule has 2 aromatic rings. The highest BCUT2D eigenvalue weighted by molar-refractivity contribution is 6.31. The van der Waals surface area contributed by atoms with E-state index in [1.807, 2.05) is 0 Å². The highest BCUT2D eigenvalue weighted by Gasteiger charge is 2.33. The summed E-state index contributed by atoms with van der Waals surface area (Å²) in [4.78, 5) is 25.0. The first kappa shape index (κ1) is 13.9. The molecule has 1 aliphatic rings. The predicted molar refractivity (Wildman–Crippen MR) is 77.6 cm³/mol. The van der Waals surface area contributed by atoms with E-state index in [-0.39, 0.29) is 18.2 Å². The normalized spacial score (nSPS) is 18.4. The Morgan fingerprint density at radius 3 is 2.86 bits per heavy atom. The van der Waals surface area contributed by atoms with E-state index in [9.17, 15) is 9.59 Å². The largest absolute Gasteiger partial charge is 0.481 e. The molecule has 1 amide bonds. The first-order valence-electron chi connectivity index (χ1n) is 6.68. The topological polar surface area (TPSA) is 70.8 Å². The van der Waals surface area contributed by atoms with Gasteiger partial charge in [0.1, 0.15) is 5.58 Å². The van der Waals surface area contributed by atoms with Crippen molar-refractivity contribution in [1.82, 2.24) is 4.90 Å². The van der Waals surface area contributed by atoms with Crippen molar-refractivity contribution in [3.63, 3.8) is 0 Å². The molecule has 1 fully saturated rings. The fraction of sp³-hybridized carbons (Fsp3) is 0.333. The quantitative estimate of drug-likeness (QED) is 0.926. The molecular weight excluding hydrogens is 294 g/mol. The van der Waals surface area contributed by atoms with Crippen LogP contribution in [0.15, 0.2) is 22.6 Å². The molecule has 1 aliphatic heterocycles. The van der Waals surface area contributed by atoms with Gasteiger partial charge in [0.15, 0.2) is 5.76 Å². The highest BCUT2D eigenvalue weighted by atomic mass is 35.5. The lowest BCUT2D eigenvalue weighted by Crippen LogP contribution is -2.30. The van der Waals surface area contributed by atoms with Crippen LogP contribution in [0, 0.1) is 12.8 Å². The van der Waals surface area contributed by atoms with Crippen LogP contribution in [0.2, 0.25) is 5.02 Å². The Kier molecular flexibility index (Phi) is 3.37. The number of hydrogen-bond donors (Lipinski definition) is 1. The summed E-state index contributed by atoms with van der Waals surface area (Å²) in [5, 5.41) is 10.4. The first-order chi connectivity index (χ1) is 9.97. The summed E-state index contributed by atoms with van der Waals surface area (Å²) in [6.07, 6.45) is 0.478. The van der Waals surface area contributed by atoms with Gasteiger partial charge in [0.25, 0.3) is 5.91 Å². The van der Waals surface area contributed by atoms with Crippen molar-refractivity contribution in [1.29, 1.82) is 0 Å². The first-order valence-corrected chi connectivity index (χ1v) is 7.06. The lowest BCUT2D eigenvalue weighted by Gasteiger charge is -2.14. The predicted octanol–water partition coefficient (Wildman–Crippen LogP) is 2.94. The Hall–Kier alpha value is -2.01. The number of fused-ring (bicyclic) bond motifs is 1. The molecule has 3 rings (SSSR count). The number of benzene rings is 1. The van der Waals surface area contributed by atoms with Crippen molar-refractivity contribution in [2.45, 2.75) is 13.3 Å². The number of likely N-dealkylation sites (tertiary alicyclic amines) is 1. The molecule has 0 spiro atoms. The van der Waals surface area contributed by atoms with Crippen LogP contribution >= 0.6 is 11.6 Å². The van der Waals surface area contributed by atoms with Gasteiger partial charge >= 0.3 is 5.97 Å². The van der Waals surface area contributed by atoms with Gasteiger partial charge in [-0.25, -0.2) is 0 Å². The summed E-state index contributed by atoms with van der Waals surface area (Å²) in [5.41, 5.74) is 1.34. The molecule has 21 heavy (non-hydrogen) atoms. The molecule has 0 unspecified atom stereocenters. The number of nitrogens with zero attached hydrogens (tertiary/aromatic N) is 1. The zero-order chi connectivity index (χ0) is 15.1. The molecule has 2 heterocycles. The minimum absolute atomic E-state index is 0.228. The van der Waals surface area contributed by atoms with E-state index in [2.05, 4.69) is 0 Å². The number of hydrogen-bond acceptors (Lipinski definition) is 3. The fourth-order valence-electron chi connectivity index (χ4n) is 2.69. The third-order valence-electron chi connectivity index (χ3n) is 3.92. The third-order valence-corrected chi connectivity index (χ3v) is 4.15. The molecule has 5 nitrogen and oxygen atoms in total. The van der Waals surface area contributed by atoms with E-state index in [0.717, 1.165) is 10.9 Å². The summed E-state index contributed by atoms with van der Waals surface area (Å²) in [6.45, 7) is 2.47. The number of aryl methyl sites for hydroxylation is 1. The molecule has 1 atom stereocenters. The van der Waals surface area contributed by atoms with E-state index in [1.165, 1.54) is 4.90 Å². The zero-order valence-electron chi connectivity index (χ0n) is 11.4. The second-order valence-corrected chi connectivity index (χ2v) is 5.71. The monoisotopic (exact) mass is 307 g/mol. The average molecular weight is 308 g/mol. The summed E-state index contributed by atoms with van der Waals surface area (Å²) >= 11 is 5.96. The lowest BCUT2D eigenvalue weighted by molar-refractivity contribution is -0.141. The molecule has 0 radical (unpaired) electrons. The van der Waals surface area contributed by atoms with Gasteiger partial charge in [0.2, 0.25) is 0 Å². The van der Waals surface area contributed by atoms with Crippen molar-refractivity contribution in [2.24, 2.45) is 5.92 Å². The lowest BCUT2D eigenvalue weighted by atomic mass is 10.1. The van der Waals surface area contributed by atoms with Gasteiger partial charge in [-0.1, -0.05) is 11.6 Å². The second-order valence-electron chi connectivity index (χ2n) is 5.27. The minimum Gasteiger partial charge on any atom is -0.481 e. The second kappa shape index (κ2) is 5.07. The zero-order valence-corrected chi connectivity index (χ0v) is 12.2. The van der Waals surface area contributed by atoms with E-state index < -0.39 is 11.9 Å². The van der Waals surface area contributed by atoms with Gasteiger partial charge in [-0.3, -0.25) is 9.59 Å². The third kappa shape index (κ3) is 2.38. The van der Waals surface area contributed by atoms with Crippen LogP contribution < -0.4 is 0 Å². The highest BCUT2D eigenvalue weighted by Crippen LogP contribution is 2.29. The Morgan fingerprint density at radius 2 is 2.19 bits per heavy atom. The summed E-state index contributed by atoms with van der Waals surface area (Å²) in [6, 6.07) is 5.19. The van der Waals surface area contributed by atoms with Gasteiger partial charge in [-0.2, -0.15) is 0 Å². The Labute approximate surface area is 126 Å². The molecule has 1 saturated heterocycles. The number of carbonyl (C=O) groups is 2. The number of carbonyl (C=O) groups excluding carboxylic acids is 1. The average Bonchev–Trinajstić information content (AvgIpc) is 3.04. The van der Waals surface area contributed by atoms with Gasteiger partial charge in [0.05, 0.1) is 5.92 Å². The Balaban J connectivity index is 1.92. The van der Waals surface area contributed by atoms with Crippen LogP contribution in [0.4, 0.5) is 0 Å². The summed E-state index contributed by atoms with van der Waals surface area (Å²) < 4.78 is 5.63. The van der Waals surface area contributed by atoms with Crippen LogP contribution in [0.25, 0.3) is 11.0 Å². The maximum atomic E-state index is 12.5. The van der Waals surface area contributed by atoms with Crippen molar-refractivity contribution < 1.29 is 19.1 Å². The molecule has 1 N–H and O–H groups in total. The maximum Gasteiger partial charge on any atom is 0.308 e. The molecule has 6 heteroatoms. The van der Waals surface area contributed by atoms with Crippen molar-refractivity contribution in [3.05, 3.63) is 34.5 Å². The van der Waals surface area contributed by atoms with Gasteiger partial charge < -0.3 is 14.4 Å². The van der Waals surface area contributed by atoms with E-state index in [0.29, 0.717) is 23.6 Å². The van der Waals surface area contributed by atoms with Crippen molar-refractivity contribution in [3.8, 4) is 0 Å². The smallest absolute Gasteiger partial charge is 0.308 e. The number of carboxylic acid groups (broad SMARTS) is 1. The van der Waals surface area contributed by atoms with E-state index >= 15 is 0 Å². The molecule has 0 saturated carbocycles. The van der Waals surface area contributed by atoms with Gasteiger partial charge in [-0.05, 0) is 31.5 Å². The molecule has 0 bridgehead atoms. The number of furan rings is 1. The summed E-state index contributed by atoms with van der Waals surface area (Å²) in [5.74, 6) is -1.35. The molecule has 0 aliphatic carbocycles. The van der Waals surface area contributed by atoms with Gasteiger partial charge in [-0.15, -0.1) is 0 Å². The maximum absolute atomic E-state index is 12.5. The number of aliphatic carboxylic acids is 1. The number of carboxylic acids is 1. The molecule has 110 valence electrons. The molecular formula is C15H14ClNO4. The number of halogens is 1. The fourth-order valence-corrected chi connectivity index (χ4v) is 2.86. The molecule has 1 aromatic heterocycles. The van der Waals surface area contributed by atoms with Crippen LogP contribution in [0.5, 0.6) is 0 Å². The van der Waals surface area contributed by atoms with Crippen LogP contribution in [0.1, 0.15) is 22.5 Å². The van der Waals surface area contributed by atoms with Crippen molar-refractivity contribution >= 4 is 34.4 Å². The minimum atomic E-state index is -0.863. The van der Waals surface area contributed by atoms with Crippen LogP contribution in [-0.2, 0) is 4.79 Å². The number of rotatable bonds is 2. The molecule has 1 aromatic carbocycles. The Morgan fingerprint density at radius 1 is 1.43 bits per heavy atom.